The molecule has 0 aliphatic carbocycles. The molecule has 1 aromatic heterocycles. The first-order valence-corrected chi connectivity index (χ1v) is 8.60. The maximum atomic E-state index is 13.0. The number of aromatic nitrogens is 2. The normalized spacial score (nSPS) is 8.47. The molecule has 0 aliphatic heterocycles. The summed E-state index contributed by atoms with van der Waals surface area (Å²) in [6.07, 6.45) is 4.60. The van der Waals surface area contributed by atoms with Crippen LogP contribution in [0.2, 0.25) is 0 Å². The largest absolute Gasteiger partial charge is 0.382 e. The number of benzene rings is 2. The van der Waals surface area contributed by atoms with Crippen LogP contribution in [0.1, 0.15) is 31.9 Å². The Kier molecular flexibility index (Phi) is 11.6. The molecule has 156 valence electrons. The van der Waals surface area contributed by atoms with Crippen LogP contribution in [0, 0.1) is 62.1 Å². The molecule has 0 saturated heterocycles. The van der Waals surface area contributed by atoms with Crippen molar-refractivity contribution in [1.82, 2.24) is 10.2 Å². The topological polar surface area (TPSA) is 59.1 Å². The Morgan fingerprint density at radius 3 is 1.97 bits per heavy atom. The summed E-state index contributed by atoms with van der Waals surface area (Å²) in [7, 11) is 0. The highest BCUT2D eigenvalue weighted by atomic mass is 19.1. The fourth-order valence-corrected chi connectivity index (χ4v) is 1.89. The van der Waals surface area contributed by atoms with Crippen molar-refractivity contribution in [3.63, 3.8) is 0 Å². The van der Waals surface area contributed by atoms with Crippen molar-refractivity contribution in [2.24, 2.45) is 0 Å². The van der Waals surface area contributed by atoms with E-state index in [0.29, 0.717) is 16.9 Å². The number of nitrogens with one attached hydrogen (secondary N) is 1. The Morgan fingerprint density at radius 1 is 0.967 bits per heavy atom. The zero-order valence-electron chi connectivity index (χ0n) is 17.5. The van der Waals surface area contributed by atoms with Gasteiger partial charge in [0, 0.05) is 5.39 Å². The lowest BCUT2D eigenvalue weighted by atomic mass is 10.1. The Labute approximate surface area is 175 Å². The van der Waals surface area contributed by atoms with Gasteiger partial charge in [-0.3, -0.25) is 5.10 Å². The maximum Gasteiger partial charge on any atom is 0.222 e. The van der Waals surface area contributed by atoms with Crippen LogP contribution in [0.25, 0.3) is 15.7 Å². The lowest BCUT2D eigenvalue weighted by Gasteiger charge is -1.96. The zero-order valence-corrected chi connectivity index (χ0v) is 17.5. The molecule has 3 rings (SSSR count). The minimum Gasteiger partial charge on any atom is -0.382 e. The van der Waals surface area contributed by atoms with Crippen molar-refractivity contribution in [1.29, 1.82) is 0 Å². The molecule has 1 heterocycles. The van der Waals surface area contributed by atoms with Crippen LogP contribution in [0.15, 0.2) is 24.3 Å². The Bertz CT molecular complexity index is 1120. The number of aromatic amines is 1. The first kappa shape index (κ1) is 26.1. The number of terminal acetylenes is 1. The smallest absolute Gasteiger partial charge is 0.222 e. The number of fused-ring (bicyclic) bond motifs is 1. The molecular formula is C23H23F3N4. The number of H-pyrrole nitrogens is 1. The number of nitrogens with two attached hydrogens (primary N) is 1. The van der Waals surface area contributed by atoms with Crippen LogP contribution in [-0.2, 0) is 0 Å². The predicted octanol–water partition coefficient (Wildman–Crippen LogP) is 6.09. The highest BCUT2D eigenvalue weighted by Crippen LogP contribution is 2.21. The number of hydrogen-bond acceptors (Lipinski definition) is 2. The molecule has 2 aromatic carbocycles. The second kappa shape index (κ2) is 13.3. The van der Waals surface area contributed by atoms with Gasteiger partial charge in [0.25, 0.3) is 0 Å². The third-order valence-corrected chi connectivity index (χ3v) is 3.47. The Morgan fingerprint density at radius 2 is 1.47 bits per heavy atom. The standard InChI is InChI=1S/C8H5F2N.C8H8FN3.C4H6.C3H4/c1-5-3-8(11-2)7(10)4-6(5)9;1-4-2-5-7(3-6(4)9)11-12-8(5)10;1-3-4-2;1-3-2/h3-4H,1H3;2-3H,1H3,(H3,10,11,12);1-2H3;1H,2H3. The summed E-state index contributed by atoms with van der Waals surface area (Å²) < 4.78 is 38.1. The third kappa shape index (κ3) is 8.00. The average Bonchev–Trinajstić information content (AvgIpc) is 3.06. The molecule has 7 heteroatoms. The van der Waals surface area contributed by atoms with E-state index in [1.54, 1.807) is 19.9 Å². The van der Waals surface area contributed by atoms with Crippen LogP contribution >= 0.6 is 0 Å². The van der Waals surface area contributed by atoms with Gasteiger partial charge in [0.2, 0.25) is 5.69 Å². The highest BCUT2D eigenvalue weighted by molar-refractivity contribution is 5.89. The average molecular weight is 412 g/mol. The van der Waals surface area contributed by atoms with E-state index >= 15 is 0 Å². The summed E-state index contributed by atoms with van der Waals surface area (Å²) in [4.78, 5) is 2.88. The van der Waals surface area contributed by atoms with Gasteiger partial charge in [0.15, 0.2) is 5.82 Å². The predicted molar refractivity (Wildman–Crippen MR) is 116 cm³/mol. The summed E-state index contributed by atoms with van der Waals surface area (Å²) in [5.74, 6) is 6.36. The van der Waals surface area contributed by atoms with Gasteiger partial charge < -0.3 is 5.73 Å². The fourth-order valence-electron chi connectivity index (χ4n) is 1.89. The molecule has 0 bridgehead atoms. The van der Waals surface area contributed by atoms with E-state index in [9.17, 15) is 13.2 Å². The maximum absolute atomic E-state index is 13.0. The lowest BCUT2D eigenvalue weighted by molar-refractivity contribution is 0.581. The summed E-state index contributed by atoms with van der Waals surface area (Å²) in [5.41, 5.74) is 6.90. The number of hydrogen-bond donors (Lipinski definition) is 2. The number of halogens is 3. The summed E-state index contributed by atoms with van der Waals surface area (Å²) in [5, 5.41) is 7.18. The van der Waals surface area contributed by atoms with Gasteiger partial charge in [-0.15, -0.1) is 24.2 Å². The number of anilines is 1. The van der Waals surface area contributed by atoms with E-state index in [2.05, 4.69) is 39.2 Å². The number of aryl methyl sites for hydroxylation is 2. The first-order chi connectivity index (χ1) is 14.2. The van der Waals surface area contributed by atoms with E-state index in [1.807, 2.05) is 13.8 Å². The van der Waals surface area contributed by atoms with Crippen LogP contribution < -0.4 is 5.73 Å². The van der Waals surface area contributed by atoms with Crippen molar-refractivity contribution >= 4 is 22.4 Å². The van der Waals surface area contributed by atoms with E-state index < -0.39 is 11.6 Å². The minimum absolute atomic E-state index is 0.135. The number of rotatable bonds is 0. The molecule has 0 unspecified atom stereocenters. The summed E-state index contributed by atoms with van der Waals surface area (Å²) in [6.45, 7) is 15.0. The number of nitrogens with zero attached hydrogens (tertiary/aromatic N) is 2. The van der Waals surface area contributed by atoms with Gasteiger partial charge in [-0.05, 0) is 70.0 Å². The Hall–Kier alpha value is -3.89. The molecule has 0 fully saturated rings. The minimum atomic E-state index is -0.803. The van der Waals surface area contributed by atoms with Gasteiger partial charge in [-0.2, -0.15) is 5.10 Å². The van der Waals surface area contributed by atoms with Gasteiger partial charge >= 0.3 is 0 Å². The third-order valence-electron chi connectivity index (χ3n) is 3.47. The van der Waals surface area contributed by atoms with Crippen LogP contribution in [0.3, 0.4) is 0 Å². The molecule has 0 aliphatic rings. The van der Waals surface area contributed by atoms with Gasteiger partial charge in [0.05, 0.1) is 12.1 Å². The summed E-state index contributed by atoms with van der Waals surface area (Å²) >= 11 is 0. The molecule has 0 atom stereocenters. The molecule has 0 saturated carbocycles. The SMILES string of the molecule is C#CC.CC#CC.Cc1cc2c(N)n[nH]c2cc1F.[C-]#[N+]c1cc(C)c(F)cc1F. The van der Waals surface area contributed by atoms with Gasteiger partial charge in [0.1, 0.15) is 17.5 Å². The molecule has 3 aromatic rings. The van der Waals surface area contributed by atoms with E-state index in [4.69, 9.17) is 12.3 Å². The van der Waals surface area contributed by atoms with E-state index in [0.717, 1.165) is 11.5 Å². The van der Waals surface area contributed by atoms with Crippen molar-refractivity contribution in [2.75, 3.05) is 5.73 Å². The van der Waals surface area contributed by atoms with Gasteiger partial charge in [-0.25, -0.2) is 18.0 Å². The second-order valence-corrected chi connectivity index (χ2v) is 5.71. The number of nitrogen functional groups attached to an aromatic ring is 1. The van der Waals surface area contributed by atoms with Crippen molar-refractivity contribution in [3.05, 3.63) is 64.3 Å². The van der Waals surface area contributed by atoms with Crippen molar-refractivity contribution in [3.8, 4) is 24.2 Å². The fraction of sp³-hybridized carbons (Fsp3) is 0.217. The van der Waals surface area contributed by atoms with E-state index in [-0.39, 0.29) is 17.1 Å². The first-order valence-electron chi connectivity index (χ1n) is 8.60. The summed E-state index contributed by atoms with van der Waals surface area (Å²) in [6, 6.07) is 5.00. The quantitative estimate of drug-likeness (QED) is 0.347. The lowest BCUT2D eigenvalue weighted by Crippen LogP contribution is -1.85. The highest BCUT2D eigenvalue weighted by Gasteiger charge is 2.06. The Balaban J connectivity index is 0.000000432. The van der Waals surface area contributed by atoms with Crippen LogP contribution in [-0.4, -0.2) is 10.2 Å². The van der Waals surface area contributed by atoms with Crippen molar-refractivity contribution in [2.45, 2.75) is 34.6 Å². The second-order valence-electron chi connectivity index (χ2n) is 5.71. The molecular weight excluding hydrogens is 389 g/mol. The molecule has 0 amide bonds. The van der Waals surface area contributed by atoms with Crippen LogP contribution in [0.4, 0.5) is 24.7 Å². The molecule has 0 radical (unpaired) electrons. The molecule has 0 spiro atoms. The van der Waals surface area contributed by atoms with Crippen LogP contribution in [0.5, 0.6) is 0 Å². The molecule has 30 heavy (non-hydrogen) atoms. The van der Waals surface area contributed by atoms with E-state index in [1.165, 1.54) is 19.1 Å². The zero-order chi connectivity index (χ0) is 23.3. The molecule has 3 N–H and O–H groups in total. The monoisotopic (exact) mass is 412 g/mol. The van der Waals surface area contributed by atoms with Crippen molar-refractivity contribution < 1.29 is 13.2 Å². The van der Waals surface area contributed by atoms with Gasteiger partial charge in [-0.1, -0.05) is 0 Å². The molecule has 4 nitrogen and oxygen atoms in total.